The summed E-state index contributed by atoms with van der Waals surface area (Å²) in [6.45, 7) is 0.556. The Morgan fingerprint density at radius 3 is 2.81 bits per heavy atom. The quantitative estimate of drug-likeness (QED) is 0.737. The first kappa shape index (κ1) is 14.3. The number of thiazole rings is 1. The molecular weight excluding hydrogens is 304 g/mol. The van der Waals surface area contributed by atoms with Crippen molar-refractivity contribution in [2.75, 3.05) is 19.0 Å². The van der Waals surface area contributed by atoms with Crippen LogP contribution < -0.4 is 5.32 Å². The number of hydrogen-bond acceptors (Lipinski definition) is 4. The average Bonchev–Trinajstić information content (AvgIpc) is 2.99. The van der Waals surface area contributed by atoms with E-state index < -0.39 is 0 Å². The zero-order valence-corrected chi connectivity index (χ0v) is 13.1. The van der Waals surface area contributed by atoms with E-state index in [9.17, 15) is 0 Å². The van der Waals surface area contributed by atoms with Crippen LogP contribution in [0.1, 0.15) is 11.6 Å². The number of rotatable bonds is 5. The van der Waals surface area contributed by atoms with Crippen molar-refractivity contribution in [1.29, 1.82) is 0 Å². The number of nitrogens with one attached hydrogen (secondary N) is 1. The largest absolute Gasteiger partial charge is 0.382 e. The van der Waals surface area contributed by atoms with E-state index in [-0.39, 0.29) is 6.04 Å². The minimum atomic E-state index is 0.0287. The van der Waals surface area contributed by atoms with Crippen molar-refractivity contribution < 1.29 is 4.74 Å². The van der Waals surface area contributed by atoms with Gasteiger partial charge in [-0.1, -0.05) is 41.9 Å². The van der Waals surface area contributed by atoms with Gasteiger partial charge in [0.1, 0.15) is 5.52 Å². The molecule has 0 aliphatic heterocycles. The second-order valence-electron chi connectivity index (χ2n) is 4.68. The first-order valence-electron chi connectivity index (χ1n) is 6.61. The van der Waals surface area contributed by atoms with Crippen molar-refractivity contribution in [3.8, 4) is 0 Å². The lowest BCUT2D eigenvalue weighted by Gasteiger charge is -2.20. The van der Waals surface area contributed by atoms with Crippen LogP contribution in [0.3, 0.4) is 0 Å². The van der Waals surface area contributed by atoms with Gasteiger partial charge in [0.25, 0.3) is 0 Å². The van der Waals surface area contributed by atoms with Crippen molar-refractivity contribution in [2.24, 2.45) is 0 Å². The molecule has 1 atom stereocenters. The van der Waals surface area contributed by atoms with E-state index in [2.05, 4.69) is 22.4 Å². The Morgan fingerprint density at radius 1 is 1.24 bits per heavy atom. The second-order valence-corrected chi connectivity index (χ2v) is 5.98. The van der Waals surface area contributed by atoms with E-state index in [1.807, 2.05) is 35.8 Å². The molecule has 0 aliphatic carbocycles. The number of halogens is 1. The van der Waals surface area contributed by atoms with Gasteiger partial charge in [0, 0.05) is 7.11 Å². The SMILES string of the molecule is COCC(Nc1c(Cl)ccc2scnc12)c1ccccc1. The molecule has 1 unspecified atom stereocenters. The highest BCUT2D eigenvalue weighted by atomic mass is 35.5. The van der Waals surface area contributed by atoms with Gasteiger partial charge in [-0.05, 0) is 17.7 Å². The van der Waals surface area contributed by atoms with Gasteiger partial charge in [0.05, 0.1) is 33.6 Å². The van der Waals surface area contributed by atoms with Crippen LogP contribution in [0, 0.1) is 0 Å². The molecule has 1 aromatic heterocycles. The van der Waals surface area contributed by atoms with Gasteiger partial charge in [0.15, 0.2) is 0 Å². The Bertz CT molecular complexity index is 729. The predicted octanol–water partition coefficient (Wildman–Crippen LogP) is 4.75. The average molecular weight is 319 g/mol. The smallest absolute Gasteiger partial charge is 0.106 e. The maximum absolute atomic E-state index is 6.35. The molecule has 1 heterocycles. The molecule has 0 aliphatic rings. The highest BCUT2D eigenvalue weighted by Gasteiger charge is 2.15. The molecule has 0 saturated heterocycles. The molecule has 0 fully saturated rings. The molecule has 3 rings (SSSR count). The van der Waals surface area contributed by atoms with Crippen molar-refractivity contribution in [3.63, 3.8) is 0 Å². The van der Waals surface area contributed by atoms with Crippen LogP contribution in [0.15, 0.2) is 48.0 Å². The maximum Gasteiger partial charge on any atom is 0.106 e. The third kappa shape index (κ3) is 3.02. The summed E-state index contributed by atoms with van der Waals surface area (Å²) < 4.78 is 6.46. The lowest BCUT2D eigenvalue weighted by Crippen LogP contribution is -2.16. The number of benzene rings is 2. The molecule has 3 nitrogen and oxygen atoms in total. The third-order valence-electron chi connectivity index (χ3n) is 3.31. The summed E-state index contributed by atoms with van der Waals surface area (Å²) in [6, 6.07) is 14.1. The summed E-state index contributed by atoms with van der Waals surface area (Å²) in [7, 11) is 1.70. The van der Waals surface area contributed by atoms with Crippen LogP contribution >= 0.6 is 22.9 Å². The van der Waals surface area contributed by atoms with Crippen LogP contribution in [0.4, 0.5) is 5.69 Å². The molecule has 108 valence electrons. The summed E-state index contributed by atoms with van der Waals surface area (Å²) >= 11 is 7.96. The van der Waals surface area contributed by atoms with E-state index >= 15 is 0 Å². The van der Waals surface area contributed by atoms with Gasteiger partial charge in [-0.2, -0.15) is 0 Å². The first-order valence-corrected chi connectivity index (χ1v) is 7.87. The summed E-state index contributed by atoms with van der Waals surface area (Å²) in [5, 5.41) is 4.15. The molecule has 0 saturated carbocycles. The van der Waals surface area contributed by atoms with E-state index in [4.69, 9.17) is 16.3 Å². The zero-order valence-electron chi connectivity index (χ0n) is 11.5. The minimum Gasteiger partial charge on any atom is -0.382 e. The molecule has 2 aromatic carbocycles. The van der Waals surface area contributed by atoms with Gasteiger partial charge in [0.2, 0.25) is 0 Å². The molecule has 21 heavy (non-hydrogen) atoms. The van der Waals surface area contributed by atoms with Crippen LogP contribution in [-0.4, -0.2) is 18.7 Å². The summed E-state index contributed by atoms with van der Waals surface area (Å²) in [6.07, 6.45) is 0. The minimum absolute atomic E-state index is 0.0287. The van der Waals surface area contributed by atoms with Gasteiger partial charge in [-0.3, -0.25) is 0 Å². The van der Waals surface area contributed by atoms with Crippen LogP contribution in [0.5, 0.6) is 0 Å². The summed E-state index contributed by atoms with van der Waals surface area (Å²) in [5.41, 5.74) is 4.76. The fourth-order valence-electron chi connectivity index (χ4n) is 2.29. The zero-order chi connectivity index (χ0) is 14.7. The predicted molar refractivity (Wildman–Crippen MR) is 89.3 cm³/mol. The number of anilines is 1. The molecule has 0 radical (unpaired) electrons. The first-order chi connectivity index (χ1) is 10.3. The molecule has 3 aromatic rings. The molecule has 0 bridgehead atoms. The molecule has 5 heteroatoms. The van der Waals surface area contributed by atoms with Crippen molar-refractivity contribution >= 4 is 38.8 Å². The van der Waals surface area contributed by atoms with Gasteiger partial charge in [-0.25, -0.2) is 4.98 Å². The normalized spacial score (nSPS) is 12.5. The maximum atomic E-state index is 6.35. The van der Waals surface area contributed by atoms with Gasteiger partial charge in [-0.15, -0.1) is 11.3 Å². The standard InChI is InChI=1S/C16H15ClN2OS/c1-20-9-13(11-5-3-2-4-6-11)19-15-12(17)7-8-14-16(15)18-10-21-14/h2-8,10,13,19H,9H2,1H3. The van der Waals surface area contributed by atoms with Crippen LogP contribution in [-0.2, 0) is 4.74 Å². The Hall–Kier alpha value is -1.62. The Balaban J connectivity index is 1.98. The summed E-state index contributed by atoms with van der Waals surface area (Å²) in [4.78, 5) is 4.42. The lowest BCUT2D eigenvalue weighted by molar-refractivity contribution is 0.186. The van der Waals surface area contributed by atoms with Gasteiger partial charge < -0.3 is 10.1 Å². The topological polar surface area (TPSA) is 34.1 Å². The lowest BCUT2D eigenvalue weighted by atomic mass is 10.1. The highest BCUT2D eigenvalue weighted by Crippen LogP contribution is 2.34. The number of fused-ring (bicyclic) bond motifs is 1. The van der Waals surface area contributed by atoms with Crippen molar-refractivity contribution in [1.82, 2.24) is 4.98 Å². The van der Waals surface area contributed by atoms with E-state index in [0.29, 0.717) is 11.6 Å². The molecule has 1 N–H and O–H groups in total. The fraction of sp³-hybridized carbons (Fsp3) is 0.188. The number of aromatic nitrogens is 1. The number of hydrogen-bond donors (Lipinski definition) is 1. The van der Waals surface area contributed by atoms with Gasteiger partial charge >= 0.3 is 0 Å². The van der Waals surface area contributed by atoms with Crippen LogP contribution in [0.2, 0.25) is 5.02 Å². The number of nitrogens with zero attached hydrogens (tertiary/aromatic N) is 1. The highest BCUT2D eigenvalue weighted by molar-refractivity contribution is 7.16. The molecule has 0 spiro atoms. The Kier molecular flexibility index (Phi) is 4.39. The summed E-state index contributed by atoms with van der Waals surface area (Å²) in [5.74, 6) is 0. The number of methoxy groups -OCH3 is 1. The van der Waals surface area contributed by atoms with E-state index in [0.717, 1.165) is 21.5 Å². The van der Waals surface area contributed by atoms with Crippen molar-refractivity contribution in [2.45, 2.75) is 6.04 Å². The third-order valence-corrected chi connectivity index (χ3v) is 4.41. The second kappa shape index (κ2) is 6.43. The van der Waals surface area contributed by atoms with Crippen molar-refractivity contribution in [3.05, 3.63) is 58.6 Å². The Labute approximate surface area is 132 Å². The monoisotopic (exact) mass is 318 g/mol. The fourth-order valence-corrected chi connectivity index (χ4v) is 3.18. The van der Waals surface area contributed by atoms with E-state index in [1.165, 1.54) is 0 Å². The molecule has 0 amide bonds. The molecular formula is C16H15ClN2OS. The number of ether oxygens (including phenoxy) is 1. The van der Waals surface area contributed by atoms with Crippen LogP contribution in [0.25, 0.3) is 10.2 Å². The van der Waals surface area contributed by atoms with E-state index in [1.54, 1.807) is 18.4 Å². The Morgan fingerprint density at radius 2 is 2.05 bits per heavy atom.